The van der Waals surface area contributed by atoms with Crippen LogP contribution in [0, 0.1) is 6.92 Å². The predicted molar refractivity (Wildman–Crippen MR) is 90.1 cm³/mol. The topological polar surface area (TPSA) is 49.4 Å². The summed E-state index contributed by atoms with van der Waals surface area (Å²) in [6.07, 6.45) is 1.60. The maximum absolute atomic E-state index is 12.1. The van der Waals surface area contributed by atoms with Crippen molar-refractivity contribution < 1.29 is 9.00 Å². The van der Waals surface area contributed by atoms with Crippen molar-refractivity contribution in [3.63, 3.8) is 0 Å². The van der Waals surface area contributed by atoms with Gasteiger partial charge in [0.1, 0.15) is 11.0 Å². The molecule has 2 aromatic rings. The molecule has 0 bridgehead atoms. The molecule has 1 aliphatic heterocycles. The first-order chi connectivity index (χ1) is 10.5. The van der Waals surface area contributed by atoms with Gasteiger partial charge in [-0.1, -0.05) is 18.2 Å². The Bertz CT molecular complexity index is 786. The molecule has 114 valence electrons. The molecular formula is C17H18N2O2S. The molecule has 4 nitrogen and oxygen atoms in total. The number of anilines is 1. The molecule has 5 heteroatoms. The molecule has 0 aromatic heterocycles. The molecule has 3 rings (SSSR count). The van der Waals surface area contributed by atoms with Crippen molar-refractivity contribution in [3.05, 3.63) is 53.1 Å². The van der Waals surface area contributed by atoms with Crippen LogP contribution >= 0.6 is 0 Å². The average Bonchev–Trinajstić information content (AvgIpc) is 2.74. The van der Waals surface area contributed by atoms with Gasteiger partial charge in [-0.2, -0.15) is 0 Å². The van der Waals surface area contributed by atoms with E-state index >= 15 is 0 Å². The second kappa shape index (κ2) is 5.57. The first kappa shape index (κ1) is 14.8. The summed E-state index contributed by atoms with van der Waals surface area (Å²) in [6, 6.07) is 11.9. The number of nitrogens with one attached hydrogen (secondary N) is 1. The van der Waals surface area contributed by atoms with Gasteiger partial charge in [-0.05, 0) is 47.4 Å². The summed E-state index contributed by atoms with van der Waals surface area (Å²) in [4.78, 5) is 13.9. The smallest absolute Gasteiger partial charge is 0.254 e. The SMILES string of the molecule is Cc1cc(-c2cccc(NS(C)=O)c2)cc2c1C(=O)N(C)C2. The Morgan fingerprint density at radius 1 is 1.18 bits per heavy atom. The molecule has 0 saturated heterocycles. The highest BCUT2D eigenvalue weighted by atomic mass is 32.2. The van der Waals surface area contributed by atoms with Crippen LogP contribution in [-0.2, 0) is 17.5 Å². The number of benzene rings is 2. The lowest BCUT2D eigenvalue weighted by molar-refractivity contribution is 0.0816. The fourth-order valence-electron chi connectivity index (χ4n) is 2.90. The zero-order valence-electron chi connectivity index (χ0n) is 12.8. The van der Waals surface area contributed by atoms with Gasteiger partial charge >= 0.3 is 0 Å². The van der Waals surface area contributed by atoms with E-state index in [2.05, 4.69) is 10.8 Å². The molecule has 1 N–H and O–H groups in total. The Morgan fingerprint density at radius 3 is 2.68 bits per heavy atom. The highest BCUT2D eigenvalue weighted by molar-refractivity contribution is 7.85. The number of carbonyl (C=O) groups excluding carboxylic acids is 1. The summed E-state index contributed by atoms with van der Waals surface area (Å²) >= 11 is 0. The third-order valence-electron chi connectivity index (χ3n) is 3.84. The fraction of sp³-hybridized carbons (Fsp3) is 0.235. The number of hydrogen-bond donors (Lipinski definition) is 1. The number of carbonyl (C=O) groups is 1. The van der Waals surface area contributed by atoms with Crippen LogP contribution in [0.1, 0.15) is 21.5 Å². The van der Waals surface area contributed by atoms with Crippen LogP contribution in [0.4, 0.5) is 5.69 Å². The van der Waals surface area contributed by atoms with Crippen molar-refractivity contribution in [1.82, 2.24) is 4.90 Å². The number of aryl methyl sites for hydroxylation is 1. The zero-order valence-corrected chi connectivity index (χ0v) is 13.7. The van der Waals surface area contributed by atoms with Crippen molar-refractivity contribution >= 4 is 22.6 Å². The van der Waals surface area contributed by atoms with Crippen LogP contribution in [0.3, 0.4) is 0 Å². The van der Waals surface area contributed by atoms with Crippen molar-refractivity contribution in [2.75, 3.05) is 18.0 Å². The van der Waals surface area contributed by atoms with E-state index in [-0.39, 0.29) is 5.91 Å². The maximum Gasteiger partial charge on any atom is 0.254 e. The van der Waals surface area contributed by atoms with Crippen molar-refractivity contribution in [2.24, 2.45) is 0 Å². The summed E-state index contributed by atoms with van der Waals surface area (Å²) in [6.45, 7) is 2.63. The minimum absolute atomic E-state index is 0.0934. The second-order valence-corrected chi connectivity index (χ2v) is 6.74. The summed E-state index contributed by atoms with van der Waals surface area (Å²) in [7, 11) is 0.726. The number of nitrogens with zero attached hydrogens (tertiary/aromatic N) is 1. The van der Waals surface area contributed by atoms with Gasteiger partial charge in [0, 0.05) is 31.1 Å². The quantitative estimate of drug-likeness (QED) is 0.947. The van der Waals surface area contributed by atoms with Crippen molar-refractivity contribution in [3.8, 4) is 11.1 Å². The molecule has 0 saturated carbocycles. The van der Waals surface area contributed by atoms with Crippen LogP contribution in [0.25, 0.3) is 11.1 Å². The van der Waals surface area contributed by atoms with Crippen LogP contribution in [0.15, 0.2) is 36.4 Å². The minimum atomic E-state index is -1.10. The van der Waals surface area contributed by atoms with E-state index in [4.69, 9.17) is 0 Å². The summed E-state index contributed by atoms with van der Waals surface area (Å²) in [5.41, 5.74) is 5.84. The van der Waals surface area contributed by atoms with Gasteiger partial charge < -0.3 is 9.62 Å². The van der Waals surface area contributed by atoms with Gasteiger partial charge in [0.05, 0.1) is 0 Å². The lowest BCUT2D eigenvalue weighted by atomic mass is 9.96. The number of fused-ring (bicyclic) bond motifs is 1. The molecule has 1 amide bonds. The van der Waals surface area contributed by atoms with Gasteiger partial charge in [0.2, 0.25) is 0 Å². The van der Waals surface area contributed by atoms with Crippen molar-refractivity contribution in [1.29, 1.82) is 0 Å². The maximum atomic E-state index is 12.1. The number of hydrogen-bond acceptors (Lipinski definition) is 2. The zero-order chi connectivity index (χ0) is 15.9. The number of amides is 1. The monoisotopic (exact) mass is 314 g/mol. The molecule has 0 radical (unpaired) electrons. The van der Waals surface area contributed by atoms with Gasteiger partial charge in [0.25, 0.3) is 5.91 Å². The van der Waals surface area contributed by atoms with Gasteiger partial charge in [0.15, 0.2) is 0 Å². The van der Waals surface area contributed by atoms with Crippen LogP contribution in [0.2, 0.25) is 0 Å². The Morgan fingerprint density at radius 2 is 1.95 bits per heavy atom. The molecule has 0 aliphatic carbocycles. The van der Waals surface area contributed by atoms with Gasteiger partial charge in [-0.15, -0.1) is 0 Å². The van der Waals surface area contributed by atoms with E-state index in [0.29, 0.717) is 6.54 Å². The summed E-state index contributed by atoms with van der Waals surface area (Å²) < 4.78 is 14.2. The average molecular weight is 314 g/mol. The highest BCUT2D eigenvalue weighted by Crippen LogP contribution is 2.31. The van der Waals surface area contributed by atoms with Crippen LogP contribution < -0.4 is 4.72 Å². The third kappa shape index (κ3) is 2.64. The Hall–Kier alpha value is -2.14. The van der Waals surface area contributed by atoms with E-state index < -0.39 is 11.0 Å². The van der Waals surface area contributed by atoms with E-state index in [0.717, 1.165) is 33.5 Å². The molecule has 0 fully saturated rings. The Kier molecular flexibility index (Phi) is 3.74. The minimum Gasteiger partial charge on any atom is -0.337 e. The molecule has 0 spiro atoms. The molecule has 1 aliphatic rings. The largest absolute Gasteiger partial charge is 0.337 e. The lowest BCUT2D eigenvalue weighted by Crippen LogP contribution is -2.17. The Labute approximate surface area is 132 Å². The van der Waals surface area contributed by atoms with Crippen molar-refractivity contribution in [2.45, 2.75) is 13.5 Å². The van der Waals surface area contributed by atoms with Crippen LogP contribution in [0.5, 0.6) is 0 Å². The summed E-state index contributed by atoms with van der Waals surface area (Å²) in [5, 5.41) is 0. The third-order valence-corrected chi connectivity index (χ3v) is 4.37. The normalized spacial score (nSPS) is 14.9. The molecule has 2 aromatic carbocycles. The first-order valence-corrected chi connectivity index (χ1v) is 8.61. The van der Waals surface area contributed by atoms with Gasteiger partial charge in [-0.25, -0.2) is 4.21 Å². The second-order valence-electron chi connectivity index (χ2n) is 5.63. The number of rotatable bonds is 3. The molecular weight excluding hydrogens is 296 g/mol. The van der Waals surface area contributed by atoms with E-state index in [1.165, 1.54) is 0 Å². The summed E-state index contributed by atoms with van der Waals surface area (Å²) in [5.74, 6) is 0.0934. The van der Waals surface area contributed by atoms with E-state index in [9.17, 15) is 9.00 Å². The van der Waals surface area contributed by atoms with Crippen LogP contribution in [-0.4, -0.2) is 28.3 Å². The fourth-order valence-corrected chi connectivity index (χ4v) is 3.36. The van der Waals surface area contributed by atoms with Gasteiger partial charge in [-0.3, -0.25) is 4.79 Å². The highest BCUT2D eigenvalue weighted by Gasteiger charge is 2.26. The predicted octanol–water partition coefficient (Wildman–Crippen LogP) is 2.95. The standard InChI is InChI=1S/C17H18N2O2S/c1-11-7-13(8-14-10-19(2)17(20)16(11)14)12-5-4-6-15(9-12)18-22(3)21/h4-9,18H,10H2,1-3H3. The molecule has 1 unspecified atom stereocenters. The lowest BCUT2D eigenvalue weighted by Gasteiger charge is -2.09. The van der Waals surface area contributed by atoms with E-state index in [1.807, 2.05) is 44.3 Å². The Balaban J connectivity index is 2.04. The molecule has 1 atom stereocenters. The molecule has 22 heavy (non-hydrogen) atoms. The van der Waals surface area contributed by atoms with E-state index in [1.54, 1.807) is 11.2 Å². The molecule has 1 heterocycles. The first-order valence-electron chi connectivity index (χ1n) is 7.05.